The molecule has 0 aliphatic carbocycles. The third-order valence-corrected chi connectivity index (χ3v) is 29.0. The second-order valence-electron chi connectivity index (χ2n) is 30.6. The number of nitrogens with two attached hydrogens (primary N) is 2. The molecule has 0 radical (unpaired) electrons. The Bertz CT molecular complexity index is 5630. The van der Waals surface area contributed by atoms with Crippen molar-refractivity contribution >= 4 is 108 Å². The zero-order valence-electron chi connectivity index (χ0n) is 75.4. The molecule has 13 aromatic rings. The second kappa shape index (κ2) is 61.0. The van der Waals surface area contributed by atoms with Gasteiger partial charge in [0.15, 0.2) is 0 Å². The number of primary amides is 1. The maximum atomic E-state index is 13.8. The number of esters is 1. The van der Waals surface area contributed by atoms with Crippen LogP contribution in [0.5, 0.6) is 0 Å². The zero-order chi connectivity index (χ0) is 96.2. The minimum atomic E-state index is -2.88. The van der Waals surface area contributed by atoms with E-state index >= 15 is 0 Å². The van der Waals surface area contributed by atoms with Gasteiger partial charge in [-0.2, -0.15) is 10.6 Å². The molecular formula is C108H114N9O14P3. The number of amides is 4. The summed E-state index contributed by atoms with van der Waals surface area (Å²) in [5.74, 6) is -4.82. The number of benzene rings is 13. The Morgan fingerprint density at radius 1 is 0.463 bits per heavy atom. The van der Waals surface area contributed by atoms with Crippen LogP contribution in [0, 0.1) is 17.8 Å². The topological polar surface area (TPSA) is 373 Å². The van der Waals surface area contributed by atoms with Gasteiger partial charge in [-0.25, -0.2) is 10.2 Å². The van der Waals surface area contributed by atoms with Gasteiger partial charge in [0.05, 0.1) is 24.8 Å². The van der Waals surface area contributed by atoms with E-state index in [1.165, 1.54) is 10.6 Å². The van der Waals surface area contributed by atoms with Crippen LogP contribution in [0.2, 0.25) is 0 Å². The molecule has 690 valence electrons. The van der Waals surface area contributed by atoms with E-state index in [1.54, 1.807) is 20.1 Å². The van der Waals surface area contributed by atoms with Gasteiger partial charge in [-0.1, -0.05) is 420 Å². The highest BCUT2D eigenvalue weighted by molar-refractivity contribution is 7.79. The van der Waals surface area contributed by atoms with Gasteiger partial charge in [0, 0.05) is 82.7 Å². The summed E-state index contributed by atoms with van der Waals surface area (Å²) in [5, 5.41) is 36.0. The van der Waals surface area contributed by atoms with Gasteiger partial charge in [-0.15, -0.1) is 5.06 Å². The molecule has 1 fully saturated rings. The van der Waals surface area contributed by atoms with E-state index in [4.69, 9.17) is 31.5 Å². The SMILES string of the molecule is C[C@@H](Cc1ccccc1)C(=O)O.C[C@@H](Cc1ccccc1)C(=O)OCc1ccccc1.C[C@@H](Cc1ccccc1)C(=O)[O-].NC(=O)CCP(=O)(c1ccccc1)c1ccccc1.O=C(CCP(=O)(c1ccccc1)c1ccccc1)N/N=C/Cc1ccccc1.O=C(CCP(c1ccccc1)c1ccccc1)ON1C(=O)CCC1=O.[N-]=[N+]=NCc1ccccc1.[NH2+]=NCc1ccccc1. The van der Waals surface area contributed by atoms with Crippen LogP contribution in [0.3, 0.4) is 0 Å². The van der Waals surface area contributed by atoms with Gasteiger partial charge in [-0.3, -0.25) is 28.8 Å². The number of aliphatic carboxylic acids is 2. The Morgan fingerprint density at radius 2 is 0.784 bits per heavy atom. The summed E-state index contributed by atoms with van der Waals surface area (Å²) < 4.78 is 32.5. The molecule has 0 aromatic heterocycles. The fraction of sp³-hybridized carbons (Fsp3) is 0.194. The fourth-order valence-corrected chi connectivity index (χ4v) is 20.6. The summed E-state index contributed by atoms with van der Waals surface area (Å²) in [6.07, 6.45) is 5.94. The quantitative estimate of drug-likeness (QED) is 0.00426. The molecule has 26 heteroatoms. The number of carbonyl (C=O) groups excluding carboxylic acids is 7. The molecule has 6 N–H and O–H groups in total. The first-order valence-electron chi connectivity index (χ1n) is 43.7. The maximum absolute atomic E-state index is 13.8. The molecule has 3 atom stereocenters. The molecule has 0 bridgehead atoms. The summed E-state index contributed by atoms with van der Waals surface area (Å²) in [6.45, 7) is 6.68. The second-order valence-corrected chi connectivity index (χ2v) is 38.9. The lowest BCUT2D eigenvalue weighted by Gasteiger charge is -2.19. The largest absolute Gasteiger partial charge is 0.550 e. The van der Waals surface area contributed by atoms with E-state index in [-0.39, 0.29) is 68.1 Å². The van der Waals surface area contributed by atoms with Crippen molar-refractivity contribution in [3.8, 4) is 0 Å². The minimum Gasteiger partial charge on any atom is -0.550 e. The van der Waals surface area contributed by atoms with E-state index in [9.17, 15) is 52.6 Å². The van der Waals surface area contributed by atoms with Crippen LogP contribution < -0.4 is 53.6 Å². The molecule has 1 heterocycles. The highest BCUT2D eigenvalue weighted by Gasteiger charge is 2.34. The van der Waals surface area contributed by atoms with Crippen molar-refractivity contribution in [3.63, 3.8) is 0 Å². The number of hydroxylamine groups is 2. The first kappa shape index (κ1) is 106. The Kier molecular flexibility index (Phi) is 48.4. The average molecular weight is 1860 g/mol. The fourth-order valence-electron chi connectivity index (χ4n) is 13.0. The molecule has 4 amide bonds. The number of imide groups is 1. The molecule has 0 spiro atoms. The van der Waals surface area contributed by atoms with Crippen LogP contribution in [-0.2, 0) is 102 Å². The highest BCUT2D eigenvalue weighted by atomic mass is 31.2. The number of rotatable bonds is 34. The van der Waals surface area contributed by atoms with Crippen molar-refractivity contribution < 1.29 is 72.8 Å². The minimum absolute atomic E-state index is 0.104. The number of carbonyl (C=O) groups is 8. The first-order valence-corrected chi connectivity index (χ1v) is 49.0. The van der Waals surface area contributed by atoms with Gasteiger partial charge < -0.3 is 39.4 Å². The molecule has 0 unspecified atom stereocenters. The first-order chi connectivity index (χ1) is 65.0. The van der Waals surface area contributed by atoms with Gasteiger partial charge in [0.2, 0.25) is 11.8 Å². The lowest BCUT2D eigenvalue weighted by Crippen LogP contribution is -2.32. The normalized spacial score (nSPS) is 11.7. The monoisotopic (exact) mass is 1850 g/mol. The lowest BCUT2D eigenvalue weighted by molar-refractivity contribution is -0.311. The number of carboxylic acid groups (broad SMARTS) is 2. The molecule has 23 nitrogen and oxygen atoms in total. The van der Waals surface area contributed by atoms with Crippen molar-refractivity contribution in [1.29, 1.82) is 0 Å². The number of hydrogen-bond acceptors (Lipinski definition) is 16. The van der Waals surface area contributed by atoms with Crippen LogP contribution in [-0.4, -0.2) is 82.4 Å². The molecule has 13 aromatic carbocycles. The summed E-state index contributed by atoms with van der Waals surface area (Å²) in [5.41, 5.74) is 28.3. The summed E-state index contributed by atoms with van der Waals surface area (Å²) >= 11 is 0. The molecule has 1 saturated heterocycles. The van der Waals surface area contributed by atoms with E-state index in [0.717, 1.165) is 60.2 Å². The average Bonchev–Trinajstić information content (AvgIpc) is 0.832. The van der Waals surface area contributed by atoms with Gasteiger partial charge in [-0.05, 0) is 99.5 Å². The number of carboxylic acids is 2. The van der Waals surface area contributed by atoms with Crippen molar-refractivity contribution in [2.24, 2.45) is 38.8 Å². The molecule has 14 rings (SSSR count). The number of nitrogens with one attached hydrogen (secondary N) is 1. The van der Waals surface area contributed by atoms with Crippen molar-refractivity contribution in [2.75, 3.05) is 18.5 Å². The van der Waals surface area contributed by atoms with E-state index in [2.05, 4.69) is 49.9 Å². The summed E-state index contributed by atoms with van der Waals surface area (Å²) in [4.78, 5) is 98.8. The molecule has 134 heavy (non-hydrogen) atoms. The van der Waals surface area contributed by atoms with Crippen molar-refractivity contribution in [1.82, 2.24) is 10.5 Å². The molecular weight excluding hydrogens is 1740 g/mol. The summed E-state index contributed by atoms with van der Waals surface area (Å²) in [7, 11) is -6.37. The van der Waals surface area contributed by atoms with Crippen LogP contribution in [0.1, 0.15) is 91.8 Å². The van der Waals surface area contributed by atoms with Gasteiger partial charge >= 0.3 is 17.9 Å². The van der Waals surface area contributed by atoms with E-state index in [0.29, 0.717) is 56.6 Å². The highest BCUT2D eigenvalue weighted by Crippen LogP contribution is 2.45. The van der Waals surface area contributed by atoms with Gasteiger partial charge in [0.25, 0.3) is 11.8 Å². The smallest absolute Gasteiger partial charge is 0.333 e. The number of hydrogen-bond donors (Lipinski definition) is 4. The summed E-state index contributed by atoms with van der Waals surface area (Å²) in [6, 6.07) is 126. The number of ether oxygens (including phenoxy) is 1. The maximum Gasteiger partial charge on any atom is 0.333 e. The van der Waals surface area contributed by atoms with Crippen LogP contribution in [0.25, 0.3) is 10.4 Å². The van der Waals surface area contributed by atoms with Gasteiger partial charge in [0.1, 0.15) is 27.4 Å². The lowest BCUT2D eigenvalue weighted by atomic mass is 10.0. The van der Waals surface area contributed by atoms with E-state index in [1.807, 2.05) is 377 Å². The van der Waals surface area contributed by atoms with Crippen LogP contribution in [0.15, 0.2) is 410 Å². The Labute approximate surface area is 785 Å². The molecule has 1 aliphatic heterocycles. The van der Waals surface area contributed by atoms with Crippen LogP contribution >= 0.6 is 22.2 Å². The number of hydrazone groups is 1. The Hall–Kier alpha value is -14.7. The predicted octanol–water partition coefficient (Wildman–Crippen LogP) is 16.8. The van der Waals surface area contributed by atoms with Crippen LogP contribution in [0.4, 0.5) is 0 Å². The Morgan fingerprint density at radius 3 is 1.13 bits per heavy atom. The zero-order valence-corrected chi connectivity index (χ0v) is 78.1. The van der Waals surface area contributed by atoms with E-state index < -0.39 is 63.8 Å². The third-order valence-electron chi connectivity index (χ3n) is 20.2. The van der Waals surface area contributed by atoms with Crippen molar-refractivity contribution in [3.05, 3.63) is 444 Å². The standard InChI is InChI=1S/C23H23N2O2P.C19H18NO4P.C17H18O2.C15H16NO2P.2C10H12O2.C7H7N3.C7H8N2/c26-23(25-24-18-16-20-10-4-1-5-11-20)17-19-28(27,21-12-6-2-7-13-21)22-14-8-3-9-15-22;21-17-11-12-18(22)20(17)24-19(23)13-14-25(15-7-3-1-4-8-15)16-9-5-2-6-10-16;1-14(12-15-8-4-2-5-9-15)17(18)19-13-16-10-6-3-7-11-16;16-15(17)11-12-19(18,13-7-3-1-4-8-13)14-9-5-2-6-10-14;2*1-8(10(11)12)7-9-5-3-2-4-6-9;8-10-9-6-7-4-2-1-3-5-7;8-9-6-7-4-2-1-3-5-7/h1-15,18H,16-17,19H2,(H,25,26);1-10H,11-14H2;2-11,14H,12-13H2,1H3;1-10H,11-12H2,(H2,16,17);2*2-6,8H,7H2,1H3,(H,11,12);1-5H,6H2;1-5,8H,6H2/b24-18+;;;;;;;/t;;14-;;2*8-;;/m..0.00../s1. The van der Waals surface area contributed by atoms with Crippen molar-refractivity contribution in [2.45, 2.75) is 98.3 Å². The number of azide groups is 1. The number of nitrogens with zero attached hydrogens (tertiary/aromatic N) is 6. The molecule has 1 aliphatic rings. The third kappa shape index (κ3) is 40.3. The molecule has 0 saturated carbocycles. The Balaban J connectivity index is 0.000000215. The predicted molar refractivity (Wildman–Crippen MR) is 531 cm³/mol.